The number of nitrogens with one attached hydrogen (secondary N) is 3. The Morgan fingerprint density at radius 3 is 2.70 bits per heavy atom. The van der Waals surface area contributed by atoms with Crippen molar-refractivity contribution in [2.24, 2.45) is 0 Å². The van der Waals surface area contributed by atoms with E-state index in [-0.39, 0.29) is 6.10 Å². The average molecular weight is 537 g/mol. The van der Waals surface area contributed by atoms with Gasteiger partial charge >= 0.3 is 0 Å². The topological polar surface area (TPSA) is 127 Å². The third-order valence-electron chi connectivity index (χ3n) is 7.04. The summed E-state index contributed by atoms with van der Waals surface area (Å²) in [6, 6.07) is 12.2. The summed E-state index contributed by atoms with van der Waals surface area (Å²) < 4.78 is 25.7. The van der Waals surface area contributed by atoms with Crippen LogP contribution in [0.25, 0.3) is 56.1 Å². The van der Waals surface area contributed by atoms with Crippen LogP contribution in [-0.4, -0.2) is 61.4 Å². The van der Waals surface area contributed by atoms with Crippen LogP contribution in [0.3, 0.4) is 0 Å². The molecule has 0 aliphatic carbocycles. The van der Waals surface area contributed by atoms with Crippen molar-refractivity contribution in [3.05, 3.63) is 66.9 Å². The molecule has 0 atom stereocenters. The number of halogens is 1. The van der Waals surface area contributed by atoms with Gasteiger partial charge in [-0.3, -0.25) is 10.1 Å². The van der Waals surface area contributed by atoms with Gasteiger partial charge in [-0.25, -0.2) is 19.3 Å². The van der Waals surface area contributed by atoms with Crippen LogP contribution in [0.1, 0.15) is 12.8 Å². The number of fused-ring (bicyclic) bond motifs is 2. The summed E-state index contributed by atoms with van der Waals surface area (Å²) in [5, 5.41) is 10.9. The number of H-pyrrole nitrogens is 2. The van der Waals surface area contributed by atoms with Crippen molar-refractivity contribution in [3.63, 3.8) is 0 Å². The zero-order valence-electron chi connectivity index (χ0n) is 21.6. The van der Waals surface area contributed by atoms with Crippen molar-refractivity contribution in [2.75, 3.05) is 20.2 Å². The van der Waals surface area contributed by atoms with Gasteiger partial charge < -0.3 is 19.8 Å². The maximum atomic E-state index is 14.3. The van der Waals surface area contributed by atoms with Crippen LogP contribution >= 0.6 is 0 Å². The Morgan fingerprint density at radius 2 is 1.82 bits per heavy atom. The van der Waals surface area contributed by atoms with Crippen LogP contribution in [0.15, 0.2) is 61.1 Å². The molecule has 5 aromatic heterocycles. The minimum atomic E-state index is -0.395. The zero-order chi connectivity index (χ0) is 27.1. The minimum absolute atomic E-state index is 0.175. The van der Waals surface area contributed by atoms with E-state index in [1.54, 1.807) is 24.7 Å². The van der Waals surface area contributed by atoms with E-state index in [0.29, 0.717) is 39.5 Å². The Balaban J connectivity index is 1.26. The molecule has 1 aromatic carbocycles. The van der Waals surface area contributed by atoms with E-state index >= 15 is 0 Å². The van der Waals surface area contributed by atoms with Gasteiger partial charge in [-0.1, -0.05) is 0 Å². The van der Waals surface area contributed by atoms with Gasteiger partial charge in [0.15, 0.2) is 17.2 Å². The second-order valence-corrected chi connectivity index (χ2v) is 9.66. The van der Waals surface area contributed by atoms with E-state index in [1.807, 2.05) is 24.3 Å². The Bertz CT molecular complexity index is 1840. The van der Waals surface area contributed by atoms with Crippen molar-refractivity contribution in [1.29, 1.82) is 0 Å². The first kappa shape index (κ1) is 24.2. The van der Waals surface area contributed by atoms with Crippen molar-refractivity contribution in [1.82, 2.24) is 40.4 Å². The molecule has 0 unspecified atom stereocenters. The quantitative estimate of drug-likeness (QED) is 0.274. The maximum absolute atomic E-state index is 14.3. The first-order valence-corrected chi connectivity index (χ1v) is 13.0. The van der Waals surface area contributed by atoms with E-state index in [2.05, 4.69) is 35.5 Å². The molecular formula is C29H25FN8O2. The van der Waals surface area contributed by atoms with E-state index in [9.17, 15) is 4.39 Å². The highest BCUT2D eigenvalue weighted by Gasteiger charge is 2.19. The molecule has 1 saturated heterocycles. The van der Waals surface area contributed by atoms with E-state index in [4.69, 9.17) is 14.5 Å². The average Bonchev–Trinajstić information content (AvgIpc) is 3.61. The number of aromatic nitrogens is 7. The molecule has 7 rings (SSSR count). The number of methoxy groups -OCH3 is 1. The number of hydrogen-bond donors (Lipinski definition) is 3. The fraction of sp³-hybridized carbons (Fsp3) is 0.207. The second-order valence-electron chi connectivity index (χ2n) is 9.66. The molecule has 0 bridgehead atoms. The van der Waals surface area contributed by atoms with Gasteiger partial charge in [-0.05, 0) is 67.9 Å². The number of imidazole rings is 1. The highest BCUT2D eigenvalue weighted by molar-refractivity contribution is 5.95. The first-order valence-electron chi connectivity index (χ1n) is 13.0. The largest absolute Gasteiger partial charge is 0.497 e. The molecule has 6 heterocycles. The van der Waals surface area contributed by atoms with Gasteiger partial charge in [-0.15, -0.1) is 0 Å². The van der Waals surface area contributed by atoms with Gasteiger partial charge in [0.05, 0.1) is 30.0 Å². The minimum Gasteiger partial charge on any atom is -0.497 e. The molecule has 1 fully saturated rings. The van der Waals surface area contributed by atoms with Crippen LogP contribution in [0.4, 0.5) is 4.39 Å². The SMILES string of the molecule is COc1cc(F)cc(-c2ccnc3nc(-c4n[nH]c5ccc(-c6cncc(OC7CCNCC7)c6)nc45)[nH]c23)c1. The second kappa shape index (κ2) is 10.0. The summed E-state index contributed by atoms with van der Waals surface area (Å²) in [6.07, 6.45) is 7.26. The van der Waals surface area contributed by atoms with E-state index in [0.717, 1.165) is 54.0 Å². The number of piperidine rings is 1. The van der Waals surface area contributed by atoms with Crippen LogP contribution in [0.5, 0.6) is 11.5 Å². The third-order valence-corrected chi connectivity index (χ3v) is 7.04. The fourth-order valence-electron chi connectivity index (χ4n) is 5.05. The molecule has 10 nitrogen and oxygen atoms in total. The maximum Gasteiger partial charge on any atom is 0.178 e. The highest BCUT2D eigenvalue weighted by Crippen LogP contribution is 2.33. The van der Waals surface area contributed by atoms with Crippen molar-refractivity contribution >= 4 is 22.2 Å². The molecule has 6 aromatic rings. The summed E-state index contributed by atoms with van der Waals surface area (Å²) >= 11 is 0. The molecule has 0 radical (unpaired) electrons. The smallest absolute Gasteiger partial charge is 0.178 e. The number of rotatable bonds is 6. The van der Waals surface area contributed by atoms with Crippen LogP contribution in [0, 0.1) is 5.82 Å². The van der Waals surface area contributed by atoms with Gasteiger partial charge in [0.1, 0.15) is 28.9 Å². The fourth-order valence-corrected chi connectivity index (χ4v) is 5.05. The molecule has 0 saturated carbocycles. The van der Waals surface area contributed by atoms with Crippen molar-refractivity contribution in [3.8, 4) is 45.4 Å². The Hall–Kier alpha value is -4.90. The standard InChI is InChI=1S/C29H25FN8O2/c1-39-20-11-16(10-18(30)13-20)22-6-9-33-28-25(22)35-29(36-28)27-26-24(37-38-27)3-2-23(34-26)17-12-21(15-32-14-17)40-19-4-7-31-8-5-19/h2-3,6,9-15,19,31H,4-5,7-8H2,1H3,(H,37,38)(H,33,35,36). The molecule has 1 aliphatic heterocycles. The first-order chi connectivity index (χ1) is 19.6. The lowest BCUT2D eigenvalue weighted by atomic mass is 10.1. The monoisotopic (exact) mass is 536 g/mol. The number of pyridine rings is 3. The van der Waals surface area contributed by atoms with Gasteiger partial charge in [0, 0.05) is 29.6 Å². The van der Waals surface area contributed by atoms with Crippen molar-refractivity contribution in [2.45, 2.75) is 18.9 Å². The van der Waals surface area contributed by atoms with Crippen molar-refractivity contribution < 1.29 is 13.9 Å². The van der Waals surface area contributed by atoms with Crippen LogP contribution in [-0.2, 0) is 0 Å². The number of ether oxygens (including phenoxy) is 2. The lowest BCUT2D eigenvalue weighted by Gasteiger charge is -2.23. The number of aromatic amines is 2. The molecule has 1 aliphatic rings. The molecule has 200 valence electrons. The summed E-state index contributed by atoms with van der Waals surface area (Å²) in [5.41, 5.74) is 6.06. The number of hydrogen-bond acceptors (Lipinski definition) is 8. The third kappa shape index (κ3) is 4.50. The lowest BCUT2D eigenvalue weighted by Crippen LogP contribution is -2.34. The lowest BCUT2D eigenvalue weighted by molar-refractivity contribution is 0.162. The summed E-state index contributed by atoms with van der Waals surface area (Å²) in [6.45, 7) is 1.91. The normalized spacial score (nSPS) is 14.2. The molecule has 0 spiro atoms. The Labute approximate surface area is 228 Å². The summed E-state index contributed by atoms with van der Waals surface area (Å²) in [4.78, 5) is 21.7. The Kier molecular flexibility index (Phi) is 6.05. The Morgan fingerprint density at radius 1 is 0.950 bits per heavy atom. The van der Waals surface area contributed by atoms with Crippen LogP contribution in [0.2, 0.25) is 0 Å². The highest BCUT2D eigenvalue weighted by atomic mass is 19.1. The summed E-state index contributed by atoms with van der Waals surface area (Å²) in [7, 11) is 1.51. The molecule has 11 heteroatoms. The van der Waals surface area contributed by atoms with Gasteiger partial charge in [-0.2, -0.15) is 5.10 Å². The number of nitrogens with zero attached hydrogens (tertiary/aromatic N) is 5. The van der Waals surface area contributed by atoms with E-state index in [1.165, 1.54) is 19.2 Å². The molecule has 40 heavy (non-hydrogen) atoms. The van der Waals surface area contributed by atoms with Gasteiger partial charge in [0.25, 0.3) is 0 Å². The molecular weight excluding hydrogens is 511 g/mol. The molecule has 3 N–H and O–H groups in total. The van der Waals surface area contributed by atoms with Crippen LogP contribution < -0.4 is 14.8 Å². The van der Waals surface area contributed by atoms with E-state index < -0.39 is 5.82 Å². The molecule has 0 amide bonds. The predicted octanol–water partition coefficient (Wildman–Crippen LogP) is 4.90. The zero-order valence-corrected chi connectivity index (χ0v) is 21.6. The van der Waals surface area contributed by atoms with Gasteiger partial charge in [0.2, 0.25) is 0 Å². The number of benzene rings is 1. The summed E-state index contributed by atoms with van der Waals surface area (Å²) in [5.74, 6) is 1.25. The predicted molar refractivity (Wildman–Crippen MR) is 148 cm³/mol.